The quantitative estimate of drug-likeness (QED) is 0.0321. The van der Waals surface area contributed by atoms with Crippen LogP contribution in [-0.2, 0) is 14.3 Å². The van der Waals surface area contributed by atoms with Gasteiger partial charge in [0.05, 0.1) is 25.4 Å². The summed E-state index contributed by atoms with van der Waals surface area (Å²) in [6.45, 7) is 4.85. The van der Waals surface area contributed by atoms with Crippen LogP contribution in [0.1, 0.15) is 328 Å². The normalized spacial score (nSPS) is 12.7. The van der Waals surface area contributed by atoms with Gasteiger partial charge in [0.25, 0.3) is 0 Å². The highest BCUT2D eigenvalue weighted by molar-refractivity contribution is 5.76. The van der Waals surface area contributed by atoms with Crippen LogP contribution in [0.3, 0.4) is 0 Å². The maximum atomic E-state index is 12.5. The number of aliphatic hydroxyl groups is 2. The van der Waals surface area contributed by atoms with Gasteiger partial charge in [0.15, 0.2) is 0 Å². The molecule has 3 N–H and O–H groups in total. The van der Waals surface area contributed by atoms with Gasteiger partial charge in [0.1, 0.15) is 0 Å². The van der Waals surface area contributed by atoms with Gasteiger partial charge in [-0.05, 0) is 57.8 Å². The van der Waals surface area contributed by atoms with Crippen molar-refractivity contribution in [2.45, 2.75) is 341 Å². The van der Waals surface area contributed by atoms with Gasteiger partial charge in [0, 0.05) is 12.8 Å². The van der Waals surface area contributed by atoms with E-state index < -0.39 is 12.1 Å². The second-order valence-corrected chi connectivity index (χ2v) is 20.7. The van der Waals surface area contributed by atoms with Crippen molar-refractivity contribution < 1.29 is 24.5 Å². The lowest BCUT2D eigenvalue weighted by Crippen LogP contribution is -2.45. The Kier molecular flexibility index (Phi) is 55.5. The summed E-state index contributed by atoms with van der Waals surface area (Å²) in [6.07, 6.45) is 69.2. The van der Waals surface area contributed by atoms with E-state index >= 15 is 0 Å². The molecule has 6 heteroatoms. The van der Waals surface area contributed by atoms with Gasteiger partial charge in [-0.25, -0.2) is 0 Å². The number of unbranched alkanes of at least 4 members (excludes halogenated alkanes) is 43. The molecule has 2 unspecified atom stereocenters. The highest BCUT2D eigenvalue weighted by atomic mass is 16.5. The molecule has 0 rings (SSSR count). The minimum Gasteiger partial charge on any atom is -0.466 e. The molecule has 0 saturated carbocycles. The van der Waals surface area contributed by atoms with E-state index in [1.807, 2.05) is 6.08 Å². The Morgan fingerprint density at radius 1 is 0.403 bits per heavy atom. The van der Waals surface area contributed by atoms with Crippen LogP contribution >= 0.6 is 0 Å². The minimum atomic E-state index is -0.863. The van der Waals surface area contributed by atoms with Crippen LogP contribution in [0.4, 0.5) is 0 Å². The van der Waals surface area contributed by atoms with Crippen LogP contribution < -0.4 is 5.32 Å². The molecule has 0 saturated heterocycles. The predicted octanol–water partition coefficient (Wildman–Crippen LogP) is 18.6. The van der Waals surface area contributed by atoms with Crippen molar-refractivity contribution in [3.05, 3.63) is 24.3 Å². The number of nitrogens with one attached hydrogen (secondary N) is 1. The van der Waals surface area contributed by atoms with Gasteiger partial charge in [-0.1, -0.05) is 282 Å². The van der Waals surface area contributed by atoms with E-state index in [0.717, 1.165) is 83.5 Å². The first-order valence-corrected chi connectivity index (χ1v) is 30.1. The number of hydrogen-bond donors (Lipinski definition) is 3. The number of hydrogen-bond acceptors (Lipinski definition) is 5. The van der Waals surface area contributed by atoms with E-state index in [1.165, 1.54) is 218 Å². The lowest BCUT2D eigenvalue weighted by Gasteiger charge is -2.20. The minimum absolute atomic E-state index is 0.0284. The van der Waals surface area contributed by atoms with Gasteiger partial charge in [-0.15, -0.1) is 0 Å². The fourth-order valence-corrected chi connectivity index (χ4v) is 9.34. The summed E-state index contributed by atoms with van der Waals surface area (Å²) in [6, 6.07) is -0.649. The number of rotatable bonds is 56. The standard InChI is InChI=1S/C61H117NO5/c1-3-5-7-9-11-13-15-17-19-21-22-23-24-25-27-28-30-33-37-41-45-49-53-59(64)58(57-63)62-60(65)54-50-46-42-38-34-32-36-40-44-48-52-56-67-61(66)55-51-47-43-39-35-31-29-26-20-18-16-14-12-10-8-6-4-2/h36,40,49,53,58-59,63-64H,3-35,37-39,41-48,50-52,54-57H2,1-2H3,(H,62,65)/b40-36-,53-49+. The summed E-state index contributed by atoms with van der Waals surface area (Å²) < 4.78 is 5.46. The van der Waals surface area contributed by atoms with E-state index in [0.29, 0.717) is 19.4 Å². The molecule has 0 fully saturated rings. The number of aliphatic hydroxyl groups excluding tert-OH is 2. The lowest BCUT2D eigenvalue weighted by atomic mass is 10.0. The monoisotopic (exact) mass is 944 g/mol. The van der Waals surface area contributed by atoms with Crippen LogP contribution in [0.15, 0.2) is 24.3 Å². The molecular formula is C61H117NO5. The van der Waals surface area contributed by atoms with Gasteiger partial charge < -0.3 is 20.3 Å². The summed E-state index contributed by atoms with van der Waals surface area (Å²) in [5.74, 6) is -0.122. The van der Waals surface area contributed by atoms with Gasteiger partial charge >= 0.3 is 5.97 Å². The first-order valence-electron chi connectivity index (χ1n) is 30.1. The molecule has 0 aliphatic heterocycles. The Morgan fingerprint density at radius 2 is 0.701 bits per heavy atom. The molecule has 0 aliphatic carbocycles. The average molecular weight is 945 g/mol. The number of allylic oxidation sites excluding steroid dienone is 3. The molecule has 6 nitrogen and oxygen atoms in total. The van der Waals surface area contributed by atoms with Crippen LogP contribution in [0.5, 0.6) is 0 Å². The highest BCUT2D eigenvalue weighted by Crippen LogP contribution is 2.17. The van der Waals surface area contributed by atoms with Gasteiger partial charge in [0.2, 0.25) is 5.91 Å². The summed E-state index contributed by atoms with van der Waals surface area (Å²) >= 11 is 0. The average Bonchev–Trinajstić information content (AvgIpc) is 3.33. The van der Waals surface area contributed by atoms with Crippen LogP contribution in [0, 0.1) is 0 Å². The molecule has 67 heavy (non-hydrogen) atoms. The molecule has 0 aromatic heterocycles. The molecule has 396 valence electrons. The second-order valence-electron chi connectivity index (χ2n) is 20.7. The zero-order valence-electron chi connectivity index (χ0n) is 45.1. The van der Waals surface area contributed by atoms with Crippen molar-refractivity contribution in [3.63, 3.8) is 0 Å². The molecule has 0 aliphatic rings. The van der Waals surface area contributed by atoms with E-state index in [9.17, 15) is 19.8 Å². The Morgan fingerprint density at radius 3 is 1.06 bits per heavy atom. The van der Waals surface area contributed by atoms with Crippen molar-refractivity contribution >= 4 is 11.9 Å². The Labute approximate surface area is 418 Å². The number of carbonyl (C=O) groups excluding carboxylic acids is 2. The summed E-state index contributed by atoms with van der Waals surface area (Å²) in [7, 11) is 0. The first kappa shape index (κ1) is 65.3. The maximum absolute atomic E-state index is 12.5. The van der Waals surface area contributed by atoms with Gasteiger partial charge in [-0.3, -0.25) is 9.59 Å². The van der Waals surface area contributed by atoms with Crippen molar-refractivity contribution in [2.75, 3.05) is 13.2 Å². The fraction of sp³-hybridized carbons (Fsp3) is 0.902. The number of carbonyl (C=O) groups is 2. The Bertz CT molecular complexity index is 1040. The third-order valence-electron chi connectivity index (χ3n) is 14.0. The SMILES string of the molecule is CCCCCCCCCCCCCCCCCCCCCC/C=C/C(O)C(CO)NC(=O)CCCCCCC/C=C\CCCCOC(=O)CCCCCCCCCCCCCCCCCCC. The third kappa shape index (κ3) is 53.5. The Hall–Kier alpha value is -1.66. The van der Waals surface area contributed by atoms with E-state index in [-0.39, 0.29) is 18.5 Å². The van der Waals surface area contributed by atoms with Crippen LogP contribution in [-0.4, -0.2) is 47.4 Å². The summed E-state index contributed by atoms with van der Waals surface area (Å²) in [5.41, 5.74) is 0. The number of esters is 1. The van der Waals surface area contributed by atoms with E-state index in [2.05, 4.69) is 31.3 Å². The second kappa shape index (κ2) is 56.9. The molecule has 0 aromatic carbocycles. The molecule has 0 heterocycles. The van der Waals surface area contributed by atoms with Crippen molar-refractivity contribution in [2.24, 2.45) is 0 Å². The zero-order chi connectivity index (χ0) is 48.6. The van der Waals surface area contributed by atoms with Crippen LogP contribution in [0.2, 0.25) is 0 Å². The largest absolute Gasteiger partial charge is 0.466 e. The molecule has 2 atom stereocenters. The smallest absolute Gasteiger partial charge is 0.305 e. The number of amides is 1. The number of ether oxygens (including phenoxy) is 1. The third-order valence-corrected chi connectivity index (χ3v) is 14.0. The maximum Gasteiger partial charge on any atom is 0.305 e. The highest BCUT2D eigenvalue weighted by Gasteiger charge is 2.18. The van der Waals surface area contributed by atoms with Gasteiger partial charge in [-0.2, -0.15) is 0 Å². The van der Waals surface area contributed by atoms with Crippen molar-refractivity contribution in [1.82, 2.24) is 5.32 Å². The molecule has 0 bridgehead atoms. The van der Waals surface area contributed by atoms with Crippen LogP contribution in [0.25, 0.3) is 0 Å². The fourth-order valence-electron chi connectivity index (χ4n) is 9.34. The Balaban J connectivity index is 3.51. The topological polar surface area (TPSA) is 95.9 Å². The molecule has 0 spiro atoms. The zero-order valence-corrected chi connectivity index (χ0v) is 45.1. The van der Waals surface area contributed by atoms with Crippen molar-refractivity contribution in [1.29, 1.82) is 0 Å². The molecule has 0 radical (unpaired) electrons. The molecule has 0 aromatic rings. The van der Waals surface area contributed by atoms with Crippen molar-refractivity contribution in [3.8, 4) is 0 Å². The predicted molar refractivity (Wildman–Crippen MR) is 292 cm³/mol. The summed E-state index contributed by atoms with van der Waals surface area (Å²) in [4.78, 5) is 24.6. The summed E-state index contributed by atoms with van der Waals surface area (Å²) in [5, 5.41) is 23.2. The lowest BCUT2D eigenvalue weighted by molar-refractivity contribution is -0.143. The van der Waals surface area contributed by atoms with E-state index in [4.69, 9.17) is 4.74 Å². The first-order chi connectivity index (χ1) is 33.0. The van der Waals surface area contributed by atoms with E-state index in [1.54, 1.807) is 6.08 Å². The molecule has 1 amide bonds. The molecular weight excluding hydrogens is 827 g/mol.